The van der Waals surface area contributed by atoms with Crippen LogP contribution in [0.4, 0.5) is 0 Å². The van der Waals surface area contributed by atoms with E-state index in [0.29, 0.717) is 31.3 Å². The molecule has 0 saturated carbocycles. The lowest BCUT2D eigenvalue weighted by atomic mass is 10.3. The molecule has 27 heavy (non-hydrogen) atoms. The van der Waals surface area contributed by atoms with Crippen molar-refractivity contribution in [3.05, 3.63) is 24.3 Å². The van der Waals surface area contributed by atoms with Crippen molar-refractivity contribution in [1.82, 2.24) is 0 Å². The van der Waals surface area contributed by atoms with Crippen molar-refractivity contribution < 1.29 is 23.7 Å². The van der Waals surface area contributed by atoms with Crippen molar-refractivity contribution in [2.24, 2.45) is 0 Å². The van der Waals surface area contributed by atoms with Gasteiger partial charge in [0.15, 0.2) is 18.3 Å². The van der Waals surface area contributed by atoms with Crippen LogP contribution in [0.3, 0.4) is 0 Å². The first-order valence-corrected chi connectivity index (χ1v) is 17.1. The molecule has 1 aromatic carbocycles. The van der Waals surface area contributed by atoms with Gasteiger partial charge in [0.05, 0.1) is 6.61 Å². The molecule has 0 fully saturated rings. The normalized spacial score (nSPS) is 13.4. The summed E-state index contributed by atoms with van der Waals surface area (Å²) in [6.45, 7) is 18.3. The average molecular weight is 415 g/mol. The molecule has 0 spiro atoms. The molecular formula is C20H38O5Si2. The molecule has 0 heterocycles. The highest BCUT2D eigenvalue weighted by atomic mass is 28.3. The van der Waals surface area contributed by atoms with E-state index in [-0.39, 0.29) is 12.7 Å². The van der Waals surface area contributed by atoms with Crippen LogP contribution in [0.5, 0.6) is 11.5 Å². The minimum Gasteiger partial charge on any atom is -0.487 e. The molecule has 0 aliphatic carbocycles. The van der Waals surface area contributed by atoms with Gasteiger partial charge >= 0.3 is 0 Å². The molecule has 0 N–H and O–H groups in total. The molecule has 5 nitrogen and oxygen atoms in total. The third-order valence-corrected chi connectivity index (χ3v) is 7.23. The van der Waals surface area contributed by atoms with Crippen molar-refractivity contribution in [3.8, 4) is 11.5 Å². The molecule has 0 amide bonds. The Balaban J connectivity index is 2.39. The predicted molar refractivity (Wildman–Crippen MR) is 116 cm³/mol. The maximum Gasteiger partial charge on any atom is 0.189 e. The highest BCUT2D eigenvalue weighted by molar-refractivity contribution is 6.77. The Morgan fingerprint density at radius 2 is 1.44 bits per heavy atom. The SMILES string of the molecule is CCOC(OCCOc1ccccc1OCOCC[Si](C)(C)C)[Si](C)(C)C. The molecule has 1 atom stereocenters. The molecule has 156 valence electrons. The Kier molecular flexibility index (Phi) is 10.6. The van der Waals surface area contributed by atoms with E-state index >= 15 is 0 Å². The number of para-hydroxylation sites is 2. The zero-order valence-corrected chi connectivity index (χ0v) is 20.2. The lowest BCUT2D eigenvalue weighted by molar-refractivity contribution is -0.0972. The van der Waals surface area contributed by atoms with Crippen molar-refractivity contribution >= 4 is 16.1 Å². The molecule has 0 radical (unpaired) electrons. The minimum absolute atomic E-state index is 0.114. The number of rotatable bonds is 14. The van der Waals surface area contributed by atoms with Crippen LogP contribution in [-0.2, 0) is 14.2 Å². The fourth-order valence-corrected chi connectivity index (χ4v) is 4.28. The van der Waals surface area contributed by atoms with Crippen LogP contribution < -0.4 is 9.47 Å². The fraction of sp³-hybridized carbons (Fsp3) is 0.700. The van der Waals surface area contributed by atoms with E-state index in [1.807, 2.05) is 31.2 Å². The van der Waals surface area contributed by atoms with Crippen LogP contribution in [0.15, 0.2) is 24.3 Å². The summed E-state index contributed by atoms with van der Waals surface area (Å²) in [7, 11) is -2.60. The molecule has 0 saturated heterocycles. The second kappa shape index (κ2) is 11.9. The van der Waals surface area contributed by atoms with Gasteiger partial charge in [0, 0.05) is 21.3 Å². The van der Waals surface area contributed by atoms with Crippen LogP contribution >= 0.6 is 0 Å². The quantitative estimate of drug-likeness (QED) is 0.243. The van der Waals surface area contributed by atoms with Crippen LogP contribution in [0.25, 0.3) is 0 Å². The molecule has 1 aromatic rings. The van der Waals surface area contributed by atoms with E-state index in [4.69, 9.17) is 23.7 Å². The van der Waals surface area contributed by atoms with Crippen molar-refractivity contribution in [2.45, 2.75) is 58.2 Å². The molecule has 0 bridgehead atoms. The Morgan fingerprint density at radius 3 is 2.00 bits per heavy atom. The Labute approximate surface area is 167 Å². The minimum atomic E-state index is -1.53. The number of hydrogen-bond donors (Lipinski definition) is 0. The number of benzene rings is 1. The van der Waals surface area contributed by atoms with Crippen LogP contribution in [0.1, 0.15) is 6.92 Å². The van der Waals surface area contributed by atoms with Gasteiger partial charge in [-0.25, -0.2) is 0 Å². The summed E-state index contributed by atoms with van der Waals surface area (Å²) in [5, 5.41) is 0. The fourth-order valence-electron chi connectivity index (χ4n) is 2.24. The molecule has 1 rings (SSSR count). The van der Waals surface area contributed by atoms with E-state index in [2.05, 4.69) is 39.3 Å². The predicted octanol–water partition coefficient (Wildman–Crippen LogP) is 5.01. The maximum absolute atomic E-state index is 5.91. The summed E-state index contributed by atoms with van der Waals surface area (Å²) >= 11 is 0. The summed E-state index contributed by atoms with van der Waals surface area (Å²) in [5.74, 6) is 1.28. The van der Waals surface area contributed by atoms with E-state index in [0.717, 1.165) is 12.7 Å². The summed E-state index contributed by atoms with van der Waals surface area (Å²) in [6, 6.07) is 8.78. The lowest BCUT2D eigenvalue weighted by Crippen LogP contribution is -2.43. The monoisotopic (exact) mass is 414 g/mol. The van der Waals surface area contributed by atoms with Crippen LogP contribution in [0.2, 0.25) is 45.3 Å². The topological polar surface area (TPSA) is 46.2 Å². The third-order valence-electron chi connectivity index (χ3n) is 3.78. The van der Waals surface area contributed by atoms with Gasteiger partial charge in [-0.05, 0) is 25.1 Å². The first-order chi connectivity index (χ1) is 12.6. The zero-order valence-electron chi connectivity index (χ0n) is 18.2. The standard InChI is InChI=1S/C20H38O5Si2/c1-8-22-20(27(5,6)7)24-14-13-23-18-11-9-10-12-19(18)25-17-21-15-16-26(2,3)4/h9-12,20H,8,13-17H2,1-7H3. The van der Waals surface area contributed by atoms with E-state index in [1.54, 1.807) is 0 Å². The van der Waals surface area contributed by atoms with Gasteiger partial charge in [0.25, 0.3) is 0 Å². The number of ether oxygens (including phenoxy) is 5. The van der Waals surface area contributed by atoms with Gasteiger partial charge in [-0.3, -0.25) is 0 Å². The van der Waals surface area contributed by atoms with Gasteiger partial charge in [-0.2, -0.15) is 0 Å². The maximum atomic E-state index is 5.91. The average Bonchev–Trinajstić information content (AvgIpc) is 2.56. The van der Waals surface area contributed by atoms with Crippen molar-refractivity contribution in [1.29, 1.82) is 0 Å². The van der Waals surface area contributed by atoms with Gasteiger partial charge < -0.3 is 23.7 Å². The first kappa shape index (κ1) is 24.2. The van der Waals surface area contributed by atoms with Gasteiger partial charge in [0.2, 0.25) is 0 Å². The first-order valence-electron chi connectivity index (χ1n) is 9.79. The largest absolute Gasteiger partial charge is 0.487 e. The summed E-state index contributed by atoms with van der Waals surface area (Å²) in [6.07, 6.45) is 0. The highest BCUT2D eigenvalue weighted by Crippen LogP contribution is 2.26. The Hall–Kier alpha value is -0.866. The zero-order chi connectivity index (χ0) is 20.3. The van der Waals surface area contributed by atoms with Gasteiger partial charge in [0.1, 0.15) is 20.6 Å². The summed E-state index contributed by atoms with van der Waals surface area (Å²) in [4.78, 5) is 0. The molecule has 0 aliphatic heterocycles. The molecular weight excluding hydrogens is 376 g/mol. The Bertz CT molecular complexity index is 526. The second-order valence-electron chi connectivity index (χ2n) is 8.80. The van der Waals surface area contributed by atoms with Crippen LogP contribution in [-0.4, -0.2) is 55.3 Å². The van der Waals surface area contributed by atoms with Crippen LogP contribution in [0, 0.1) is 0 Å². The molecule has 7 heteroatoms. The van der Waals surface area contributed by atoms with Gasteiger partial charge in [-0.15, -0.1) is 0 Å². The number of hydrogen-bond acceptors (Lipinski definition) is 5. The van der Waals surface area contributed by atoms with Gasteiger partial charge in [-0.1, -0.05) is 51.4 Å². The van der Waals surface area contributed by atoms with Crippen molar-refractivity contribution in [2.75, 3.05) is 33.2 Å². The molecule has 0 aromatic heterocycles. The Morgan fingerprint density at radius 1 is 0.815 bits per heavy atom. The molecule has 0 aliphatic rings. The summed E-state index contributed by atoms with van der Waals surface area (Å²) in [5.41, 5.74) is 0. The van der Waals surface area contributed by atoms with E-state index in [9.17, 15) is 0 Å². The summed E-state index contributed by atoms with van der Waals surface area (Å²) < 4.78 is 28.8. The highest BCUT2D eigenvalue weighted by Gasteiger charge is 2.28. The molecule has 1 unspecified atom stereocenters. The lowest BCUT2D eigenvalue weighted by Gasteiger charge is -2.28. The van der Waals surface area contributed by atoms with E-state index < -0.39 is 16.1 Å². The second-order valence-corrected chi connectivity index (χ2v) is 19.6. The van der Waals surface area contributed by atoms with E-state index in [1.165, 1.54) is 0 Å². The third kappa shape index (κ3) is 10.9. The van der Waals surface area contributed by atoms with Crippen molar-refractivity contribution in [3.63, 3.8) is 0 Å². The smallest absolute Gasteiger partial charge is 0.189 e.